The van der Waals surface area contributed by atoms with Gasteiger partial charge in [-0.15, -0.1) is 0 Å². The van der Waals surface area contributed by atoms with E-state index in [-0.39, 0.29) is 29.6 Å². The van der Waals surface area contributed by atoms with Gasteiger partial charge in [0.1, 0.15) is 0 Å². The molecule has 0 unspecified atom stereocenters. The summed E-state index contributed by atoms with van der Waals surface area (Å²) in [5, 5.41) is 9.97. The van der Waals surface area contributed by atoms with Crippen molar-refractivity contribution in [3.05, 3.63) is 52.7 Å². The maximum Gasteiger partial charge on any atom is 0.416 e. The van der Waals surface area contributed by atoms with Crippen LogP contribution in [0.4, 0.5) is 36.8 Å². The third-order valence-electron chi connectivity index (χ3n) is 6.03. The molecule has 2 aromatic rings. The zero-order valence-corrected chi connectivity index (χ0v) is 21.0. The molecule has 0 saturated carbocycles. The minimum Gasteiger partial charge on any atom is -0.481 e. The van der Waals surface area contributed by atoms with Crippen molar-refractivity contribution < 1.29 is 40.6 Å². The fraction of sp³-hybridized carbons (Fsp3) is 0.480. The Hall–Kier alpha value is -3.69. The van der Waals surface area contributed by atoms with Gasteiger partial charge in [0.2, 0.25) is 5.88 Å². The van der Waals surface area contributed by atoms with Gasteiger partial charge in [0.15, 0.2) is 6.19 Å². The van der Waals surface area contributed by atoms with E-state index in [9.17, 15) is 36.4 Å². The lowest BCUT2D eigenvalue weighted by Crippen LogP contribution is -2.48. The van der Waals surface area contributed by atoms with Crippen molar-refractivity contribution in [1.29, 1.82) is 5.26 Å². The summed E-state index contributed by atoms with van der Waals surface area (Å²) in [6.45, 7) is 4.61. The van der Waals surface area contributed by atoms with Crippen molar-refractivity contribution in [2.45, 2.75) is 70.7 Å². The molecule has 1 amide bonds. The zero-order chi connectivity index (χ0) is 28.4. The smallest absolute Gasteiger partial charge is 0.416 e. The molecule has 0 bridgehead atoms. The number of anilines is 1. The largest absolute Gasteiger partial charge is 0.481 e. The molecular formula is C25H26F6N4O3. The summed E-state index contributed by atoms with van der Waals surface area (Å²) in [5.74, 6) is 0.150. The van der Waals surface area contributed by atoms with E-state index in [0.717, 1.165) is 4.90 Å². The molecule has 0 N–H and O–H groups in total. The summed E-state index contributed by atoms with van der Waals surface area (Å²) in [6.07, 6.45) is -8.68. The molecular weight excluding hydrogens is 518 g/mol. The van der Waals surface area contributed by atoms with Crippen LogP contribution in [0, 0.1) is 11.5 Å². The number of hydrogen-bond donors (Lipinski definition) is 0. The van der Waals surface area contributed by atoms with Crippen LogP contribution in [-0.4, -0.2) is 35.2 Å². The predicted octanol–water partition coefficient (Wildman–Crippen LogP) is 6.69. The van der Waals surface area contributed by atoms with E-state index in [1.54, 1.807) is 26.8 Å². The van der Waals surface area contributed by atoms with Gasteiger partial charge in [0.25, 0.3) is 0 Å². The van der Waals surface area contributed by atoms with Crippen LogP contribution in [0.3, 0.4) is 0 Å². The summed E-state index contributed by atoms with van der Waals surface area (Å²) in [6, 6.07) is 2.91. The molecule has 1 aromatic carbocycles. The lowest BCUT2D eigenvalue weighted by Gasteiger charge is -2.41. The number of amides is 1. The first-order chi connectivity index (χ1) is 17.7. The van der Waals surface area contributed by atoms with Gasteiger partial charge in [0, 0.05) is 12.1 Å². The maximum absolute atomic E-state index is 13.4. The molecule has 1 aliphatic rings. The minimum absolute atomic E-state index is 0.0356. The second-order valence-corrected chi connectivity index (χ2v) is 9.02. The number of rotatable bonds is 6. The number of ether oxygens (including phenoxy) is 2. The molecule has 206 valence electrons. The number of nitriles is 1. The number of carbonyl (C=O) groups is 1. The molecule has 1 aromatic heterocycles. The van der Waals surface area contributed by atoms with Crippen LogP contribution in [0.1, 0.15) is 62.0 Å². The van der Waals surface area contributed by atoms with Gasteiger partial charge in [-0.25, -0.2) is 9.78 Å². The van der Waals surface area contributed by atoms with Crippen molar-refractivity contribution in [3.63, 3.8) is 0 Å². The molecule has 0 radical (unpaired) electrons. The second kappa shape index (κ2) is 11.0. The van der Waals surface area contributed by atoms with Gasteiger partial charge in [0.05, 0.1) is 48.3 Å². The Morgan fingerprint density at radius 3 is 2.24 bits per heavy atom. The molecule has 3 rings (SSSR count). The lowest BCUT2D eigenvalue weighted by atomic mass is 9.92. The van der Waals surface area contributed by atoms with Crippen LogP contribution in [0.5, 0.6) is 5.88 Å². The molecule has 38 heavy (non-hydrogen) atoms. The number of pyridine rings is 1. The normalized spacial score (nSPS) is 17.6. The summed E-state index contributed by atoms with van der Waals surface area (Å²) >= 11 is 0. The molecule has 2 atom stereocenters. The third-order valence-corrected chi connectivity index (χ3v) is 6.03. The van der Waals surface area contributed by atoms with E-state index in [2.05, 4.69) is 4.98 Å². The standard InChI is InChI=1S/C25H26F6N4O3/c1-5-18-11-20(22-19(6-7-21(33-22)37-4)35(18)23(36)38-14(2)3)34(13-32)12-15-8-16(24(26,27)28)10-17(9-15)25(29,30)31/h6-10,14,18,20H,5,11-12H2,1-4H3/t18-,20+/m0/s1. The van der Waals surface area contributed by atoms with Crippen molar-refractivity contribution in [1.82, 2.24) is 9.88 Å². The molecule has 0 saturated heterocycles. The molecule has 1 aliphatic heterocycles. The number of benzene rings is 1. The third kappa shape index (κ3) is 6.23. The summed E-state index contributed by atoms with van der Waals surface area (Å²) in [5.41, 5.74) is -2.79. The summed E-state index contributed by atoms with van der Waals surface area (Å²) < 4.78 is 90.8. The molecule has 0 spiro atoms. The van der Waals surface area contributed by atoms with Gasteiger partial charge in [-0.2, -0.15) is 31.6 Å². The fourth-order valence-corrected chi connectivity index (χ4v) is 4.34. The molecule has 13 heteroatoms. The highest BCUT2D eigenvalue weighted by atomic mass is 19.4. The summed E-state index contributed by atoms with van der Waals surface area (Å²) in [4.78, 5) is 19.8. The average molecular weight is 544 g/mol. The van der Waals surface area contributed by atoms with Crippen molar-refractivity contribution in [3.8, 4) is 12.1 Å². The van der Waals surface area contributed by atoms with Gasteiger partial charge in [-0.1, -0.05) is 6.92 Å². The van der Waals surface area contributed by atoms with E-state index >= 15 is 0 Å². The number of halogens is 6. The molecule has 2 heterocycles. The Morgan fingerprint density at radius 1 is 1.16 bits per heavy atom. The quantitative estimate of drug-likeness (QED) is 0.229. The zero-order valence-electron chi connectivity index (χ0n) is 21.0. The Bertz CT molecular complexity index is 1180. The first-order valence-electron chi connectivity index (χ1n) is 11.7. The van der Waals surface area contributed by atoms with Gasteiger partial charge in [-0.3, -0.25) is 9.80 Å². The molecule has 0 fully saturated rings. The number of carbonyl (C=O) groups excluding carboxylic acids is 1. The Labute approximate surface area is 215 Å². The van der Waals surface area contributed by atoms with Crippen LogP contribution in [0.15, 0.2) is 30.3 Å². The van der Waals surface area contributed by atoms with E-state index < -0.39 is 54.3 Å². The number of fused-ring (bicyclic) bond motifs is 1. The predicted molar refractivity (Wildman–Crippen MR) is 124 cm³/mol. The van der Waals surface area contributed by atoms with Crippen molar-refractivity contribution >= 4 is 11.8 Å². The Kier molecular flexibility index (Phi) is 8.33. The van der Waals surface area contributed by atoms with Crippen LogP contribution in [0.2, 0.25) is 0 Å². The highest BCUT2D eigenvalue weighted by molar-refractivity contribution is 5.90. The highest BCUT2D eigenvalue weighted by Crippen LogP contribution is 2.43. The van der Waals surface area contributed by atoms with E-state index in [4.69, 9.17) is 9.47 Å². The number of alkyl halides is 6. The van der Waals surface area contributed by atoms with E-state index in [1.165, 1.54) is 18.1 Å². The molecule has 7 nitrogen and oxygen atoms in total. The molecule has 0 aliphatic carbocycles. The van der Waals surface area contributed by atoms with Crippen LogP contribution < -0.4 is 9.64 Å². The highest BCUT2D eigenvalue weighted by Gasteiger charge is 2.41. The first kappa shape index (κ1) is 28.9. The number of aromatic nitrogens is 1. The fourth-order valence-electron chi connectivity index (χ4n) is 4.34. The van der Waals surface area contributed by atoms with Crippen LogP contribution in [-0.2, 0) is 23.6 Å². The second-order valence-electron chi connectivity index (χ2n) is 9.02. The van der Waals surface area contributed by atoms with Crippen LogP contribution >= 0.6 is 0 Å². The van der Waals surface area contributed by atoms with Gasteiger partial charge < -0.3 is 9.47 Å². The number of methoxy groups -OCH3 is 1. The first-order valence-corrected chi connectivity index (χ1v) is 11.7. The summed E-state index contributed by atoms with van der Waals surface area (Å²) in [7, 11) is 1.36. The Balaban J connectivity index is 2.10. The van der Waals surface area contributed by atoms with E-state index in [0.29, 0.717) is 24.2 Å². The number of hydrogen-bond acceptors (Lipinski definition) is 6. The minimum atomic E-state index is -5.02. The van der Waals surface area contributed by atoms with Crippen LogP contribution in [0.25, 0.3) is 0 Å². The van der Waals surface area contributed by atoms with Crippen molar-refractivity contribution in [2.24, 2.45) is 0 Å². The maximum atomic E-state index is 13.4. The monoisotopic (exact) mass is 544 g/mol. The van der Waals surface area contributed by atoms with Gasteiger partial charge in [-0.05, 0) is 56.5 Å². The number of nitrogens with zero attached hydrogens (tertiary/aromatic N) is 4. The average Bonchev–Trinajstić information content (AvgIpc) is 2.84. The topological polar surface area (TPSA) is 78.7 Å². The van der Waals surface area contributed by atoms with E-state index in [1.807, 2.05) is 6.19 Å². The van der Waals surface area contributed by atoms with Gasteiger partial charge >= 0.3 is 18.4 Å². The lowest BCUT2D eigenvalue weighted by molar-refractivity contribution is -0.143. The SMILES string of the molecule is CC[C@H]1C[C@@H](N(C#N)Cc2cc(C(F)(F)F)cc(C(F)(F)F)c2)c2nc(OC)ccc2N1C(=O)OC(C)C. The van der Waals surface area contributed by atoms with Crippen molar-refractivity contribution in [2.75, 3.05) is 12.0 Å². The Morgan fingerprint density at radius 2 is 1.76 bits per heavy atom.